The van der Waals surface area contributed by atoms with Crippen LogP contribution in [-0.4, -0.2) is 55.7 Å². The molecular weight excluding hydrogens is 598 g/mol. The number of hydrogen-bond acceptors (Lipinski definition) is 6. The SMILES string of the molecule is O=C(O)COc1ccc(C[C@H](NS(=O)(=O)c2ccc(F)cc2F)C(=O)NCCCCc2ccc(Cl)cc2)cc1C(=O)O. The average molecular weight is 625 g/mol. The molecule has 0 unspecified atom stereocenters. The van der Waals surface area contributed by atoms with Crippen LogP contribution in [0, 0.1) is 11.6 Å². The number of carbonyl (C=O) groups excluding carboxylic acids is 1. The first-order valence-corrected chi connectivity index (χ1v) is 14.4. The van der Waals surface area contributed by atoms with E-state index in [1.54, 1.807) is 12.1 Å². The maximum atomic E-state index is 14.3. The predicted molar refractivity (Wildman–Crippen MR) is 148 cm³/mol. The summed E-state index contributed by atoms with van der Waals surface area (Å²) < 4.78 is 60.7. The Morgan fingerprint density at radius 2 is 1.62 bits per heavy atom. The van der Waals surface area contributed by atoms with Crippen LogP contribution < -0.4 is 14.8 Å². The summed E-state index contributed by atoms with van der Waals surface area (Å²) in [4.78, 5) is 34.8. The lowest BCUT2D eigenvalue weighted by molar-refractivity contribution is -0.139. The van der Waals surface area contributed by atoms with Gasteiger partial charge in [-0.3, -0.25) is 4.79 Å². The summed E-state index contributed by atoms with van der Waals surface area (Å²) in [7, 11) is -4.67. The van der Waals surface area contributed by atoms with E-state index in [0.29, 0.717) is 30.4 Å². The van der Waals surface area contributed by atoms with Crippen molar-refractivity contribution in [3.63, 3.8) is 0 Å². The smallest absolute Gasteiger partial charge is 0.341 e. The number of hydrogen-bond donors (Lipinski definition) is 4. The molecule has 0 saturated heterocycles. The van der Waals surface area contributed by atoms with E-state index in [2.05, 4.69) is 10.0 Å². The second kappa shape index (κ2) is 14.7. The molecule has 42 heavy (non-hydrogen) atoms. The number of carbonyl (C=O) groups is 3. The van der Waals surface area contributed by atoms with Gasteiger partial charge in [-0.15, -0.1) is 0 Å². The van der Waals surface area contributed by atoms with E-state index in [1.807, 2.05) is 12.1 Å². The van der Waals surface area contributed by atoms with Gasteiger partial charge in [-0.2, -0.15) is 4.72 Å². The van der Waals surface area contributed by atoms with E-state index >= 15 is 0 Å². The number of carboxylic acids is 2. The third-order valence-electron chi connectivity index (χ3n) is 5.97. The molecule has 1 atom stereocenters. The van der Waals surface area contributed by atoms with Crippen molar-refractivity contribution in [1.82, 2.24) is 10.0 Å². The van der Waals surface area contributed by atoms with Gasteiger partial charge in [0.1, 0.15) is 33.9 Å². The standard InChI is InChI=1S/C28H27ClF2N2O8S/c29-19-7-4-17(5-8-19)3-1-2-12-32-27(36)23(33-42(39,40)25-11-9-20(30)15-22(25)31)14-18-6-10-24(41-16-26(34)35)21(13-18)28(37)38/h4-11,13,15,23,33H,1-3,12,14,16H2,(H,32,36)(H,34,35)(H,37,38)/t23-/m0/s1. The predicted octanol–water partition coefficient (Wildman–Crippen LogP) is 3.81. The number of rotatable bonds is 15. The number of halogens is 3. The lowest BCUT2D eigenvalue weighted by Crippen LogP contribution is -2.48. The van der Waals surface area contributed by atoms with E-state index in [-0.39, 0.29) is 24.3 Å². The van der Waals surface area contributed by atoms with Gasteiger partial charge >= 0.3 is 11.9 Å². The van der Waals surface area contributed by atoms with Crippen LogP contribution >= 0.6 is 11.6 Å². The van der Waals surface area contributed by atoms with Crippen molar-refractivity contribution >= 4 is 39.5 Å². The normalized spacial score (nSPS) is 12.0. The lowest BCUT2D eigenvalue weighted by Gasteiger charge is -2.20. The molecule has 10 nitrogen and oxygen atoms in total. The molecule has 1 amide bonds. The van der Waals surface area contributed by atoms with Crippen molar-refractivity contribution in [2.75, 3.05) is 13.2 Å². The first kappa shape index (κ1) is 32.4. The van der Waals surface area contributed by atoms with E-state index in [9.17, 15) is 36.7 Å². The Morgan fingerprint density at radius 3 is 2.26 bits per heavy atom. The van der Waals surface area contributed by atoms with Gasteiger partial charge in [0.05, 0.1) is 0 Å². The van der Waals surface area contributed by atoms with Gasteiger partial charge in [-0.25, -0.2) is 26.8 Å². The van der Waals surface area contributed by atoms with E-state index < -0.39 is 62.6 Å². The number of aliphatic carboxylic acids is 1. The minimum absolute atomic E-state index is 0.178. The van der Waals surface area contributed by atoms with Crippen LogP contribution in [0.4, 0.5) is 8.78 Å². The van der Waals surface area contributed by atoms with E-state index in [1.165, 1.54) is 12.1 Å². The van der Waals surface area contributed by atoms with Crippen LogP contribution in [0.1, 0.15) is 34.3 Å². The second-order valence-corrected chi connectivity index (χ2v) is 11.3. The number of ether oxygens (including phenoxy) is 1. The molecule has 0 aliphatic rings. The number of amides is 1. The number of nitrogens with one attached hydrogen (secondary N) is 2. The zero-order valence-corrected chi connectivity index (χ0v) is 23.6. The van der Waals surface area contributed by atoms with Crippen molar-refractivity contribution in [3.05, 3.63) is 94.0 Å². The van der Waals surface area contributed by atoms with Crippen LogP contribution in [0.3, 0.4) is 0 Å². The summed E-state index contributed by atoms with van der Waals surface area (Å²) in [5.41, 5.74) is 0.811. The molecule has 0 saturated carbocycles. The highest BCUT2D eigenvalue weighted by Crippen LogP contribution is 2.22. The minimum atomic E-state index is -4.67. The first-order chi connectivity index (χ1) is 19.9. The Labute approximate surface area is 245 Å². The third-order valence-corrected chi connectivity index (χ3v) is 7.72. The third kappa shape index (κ3) is 9.50. The molecule has 3 aromatic carbocycles. The van der Waals surface area contributed by atoms with Gasteiger partial charge in [-0.05, 0) is 73.2 Å². The number of sulfonamides is 1. The topological polar surface area (TPSA) is 159 Å². The van der Waals surface area contributed by atoms with Gasteiger partial charge in [0.15, 0.2) is 6.61 Å². The molecule has 3 aromatic rings. The Hall–Kier alpha value is -4.07. The summed E-state index contributed by atoms with van der Waals surface area (Å²) in [6, 6.07) is 11.2. The summed E-state index contributed by atoms with van der Waals surface area (Å²) >= 11 is 5.89. The maximum absolute atomic E-state index is 14.3. The van der Waals surface area contributed by atoms with Gasteiger partial charge < -0.3 is 20.3 Å². The zero-order valence-electron chi connectivity index (χ0n) is 22.0. The summed E-state index contributed by atoms with van der Waals surface area (Å²) in [6.45, 7) is -0.621. The Kier molecular flexibility index (Phi) is 11.4. The van der Waals surface area contributed by atoms with Crippen LogP contribution in [0.2, 0.25) is 5.02 Å². The molecule has 0 aliphatic carbocycles. The van der Waals surface area contributed by atoms with E-state index in [0.717, 1.165) is 23.8 Å². The van der Waals surface area contributed by atoms with Gasteiger partial charge in [-0.1, -0.05) is 29.8 Å². The highest BCUT2D eigenvalue weighted by molar-refractivity contribution is 7.89. The van der Waals surface area contributed by atoms with Crippen molar-refractivity contribution in [2.24, 2.45) is 0 Å². The molecule has 0 aliphatic heterocycles. The van der Waals surface area contributed by atoms with E-state index in [4.69, 9.17) is 21.4 Å². The quantitative estimate of drug-likeness (QED) is 0.186. The van der Waals surface area contributed by atoms with Crippen molar-refractivity contribution < 1.29 is 46.5 Å². The molecule has 0 fully saturated rings. The Morgan fingerprint density at radius 1 is 0.929 bits per heavy atom. The molecule has 224 valence electrons. The molecule has 0 radical (unpaired) electrons. The second-order valence-electron chi connectivity index (χ2n) is 9.15. The largest absolute Gasteiger partial charge is 0.481 e. The van der Waals surface area contributed by atoms with Crippen molar-refractivity contribution in [3.8, 4) is 5.75 Å². The van der Waals surface area contributed by atoms with Gasteiger partial charge in [0.2, 0.25) is 15.9 Å². The molecule has 14 heteroatoms. The Balaban J connectivity index is 1.78. The van der Waals surface area contributed by atoms with Crippen molar-refractivity contribution in [2.45, 2.75) is 36.6 Å². The van der Waals surface area contributed by atoms with Crippen LogP contribution in [0.15, 0.2) is 65.6 Å². The molecule has 0 bridgehead atoms. The molecule has 3 rings (SSSR count). The fraction of sp³-hybridized carbons (Fsp3) is 0.250. The zero-order chi connectivity index (χ0) is 30.9. The number of aryl methyl sites for hydroxylation is 1. The number of benzene rings is 3. The molecule has 0 heterocycles. The number of aromatic carboxylic acids is 1. The van der Waals surface area contributed by atoms with Crippen LogP contribution in [0.25, 0.3) is 0 Å². The lowest BCUT2D eigenvalue weighted by atomic mass is 10.0. The number of unbranched alkanes of at least 4 members (excludes halogenated alkanes) is 1. The summed E-state index contributed by atoms with van der Waals surface area (Å²) in [6.07, 6.45) is 1.58. The molecule has 0 spiro atoms. The first-order valence-electron chi connectivity index (χ1n) is 12.6. The van der Waals surface area contributed by atoms with Crippen LogP contribution in [0.5, 0.6) is 5.75 Å². The molecular formula is C28H27ClF2N2O8S. The average Bonchev–Trinajstić information content (AvgIpc) is 2.92. The molecule has 4 N–H and O–H groups in total. The monoisotopic (exact) mass is 624 g/mol. The highest BCUT2D eigenvalue weighted by Gasteiger charge is 2.29. The van der Waals surface area contributed by atoms with Gasteiger partial charge in [0.25, 0.3) is 0 Å². The van der Waals surface area contributed by atoms with Crippen molar-refractivity contribution in [1.29, 1.82) is 0 Å². The Bertz CT molecular complexity index is 1550. The fourth-order valence-corrected chi connectivity index (χ4v) is 5.32. The summed E-state index contributed by atoms with van der Waals surface area (Å²) in [5.74, 6) is -6.15. The maximum Gasteiger partial charge on any atom is 0.341 e. The minimum Gasteiger partial charge on any atom is -0.481 e. The number of carboxylic acid groups (broad SMARTS) is 2. The van der Waals surface area contributed by atoms with Crippen LogP contribution in [-0.2, 0) is 32.5 Å². The molecule has 0 aromatic heterocycles. The van der Waals surface area contributed by atoms with Gasteiger partial charge in [0, 0.05) is 17.6 Å². The fourth-order valence-electron chi connectivity index (χ4n) is 3.94. The summed E-state index contributed by atoms with van der Waals surface area (Å²) in [5, 5.41) is 21.6. The highest BCUT2D eigenvalue weighted by atomic mass is 35.5.